The van der Waals surface area contributed by atoms with Crippen LogP contribution in [0.1, 0.15) is 16.7 Å². The van der Waals surface area contributed by atoms with E-state index in [9.17, 15) is 17.7 Å². The fourth-order valence-corrected chi connectivity index (χ4v) is 1.22. The number of alkyl halides is 2. The molecule has 0 amide bonds. The second kappa shape index (κ2) is 4.95. The summed E-state index contributed by atoms with van der Waals surface area (Å²) in [5.41, 5.74) is 0.645. The summed E-state index contributed by atoms with van der Waals surface area (Å²) in [5, 5.41) is -1.03. The van der Waals surface area contributed by atoms with Gasteiger partial charge in [-0.2, -0.15) is 0 Å². The van der Waals surface area contributed by atoms with Crippen LogP contribution in [0, 0.1) is 0 Å². The lowest BCUT2D eigenvalue weighted by molar-refractivity contribution is -0.161. The van der Waals surface area contributed by atoms with Crippen LogP contribution in [0.25, 0.3) is 0 Å². The zero-order valence-corrected chi connectivity index (χ0v) is 7.31. The highest BCUT2D eigenvalue weighted by Crippen LogP contribution is 2.15. The largest absolute Gasteiger partial charge is 0.246 e. The Bertz CT molecular complexity index is 279. The molecule has 0 N–H and O–H groups in total. The second-order valence-corrected chi connectivity index (χ2v) is 2.89. The van der Waals surface area contributed by atoms with E-state index in [4.69, 9.17) is 0 Å². The van der Waals surface area contributed by atoms with Crippen molar-refractivity contribution in [2.45, 2.75) is 19.9 Å². The van der Waals surface area contributed by atoms with Crippen LogP contribution in [0.15, 0.2) is 18.2 Å². The van der Waals surface area contributed by atoms with Gasteiger partial charge in [0.2, 0.25) is 0 Å². The van der Waals surface area contributed by atoms with Crippen molar-refractivity contribution in [3.63, 3.8) is 0 Å². The molecule has 0 unspecified atom stereocenters. The first-order chi connectivity index (χ1) is 6.65. The van der Waals surface area contributed by atoms with Gasteiger partial charge in [-0.05, 0) is 16.7 Å². The summed E-state index contributed by atoms with van der Waals surface area (Å²) in [6.07, 6.45) is 0. The van der Waals surface area contributed by atoms with E-state index in [-0.39, 0.29) is 16.7 Å². The Morgan fingerprint density at radius 2 is 1.29 bits per heavy atom. The maximum atomic E-state index is 12.2. The van der Waals surface area contributed by atoms with Crippen LogP contribution >= 0.6 is 0 Å². The van der Waals surface area contributed by atoms with Crippen molar-refractivity contribution >= 4 is 0 Å². The third-order valence-electron chi connectivity index (χ3n) is 1.72. The predicted molar refractivity (Wildman–Crippen MR) is 43.8 cm³/mol. The fraction of sp³-hybridized carbons (Fsp3) is 0.333. The normalized spacial score (nSPS) is 10.9. The molecule has 0 aliphatic heterocycles. The van der Waals surface area contributed by atoms with Gasteiger partial charge in [0, 0.05) is 5.34 Å². The van der Waals surface area contributed by atoms with Gasteiger partial charge in [0.1, 0.15) is 13.3 Å². The van der Waals surface area contributed by atoms with E-state index >= 15 is 0 Å². The number of halogens is 4. The monoisotopic (exact) mass is 207 g/mol. The van der Waals surface area contributed by atoms with Crippen LogP contribution in [0.2, 0.25) is 0 Å². The molecule has 1 aromatic carbocycles. The average Bonchev–Trinajstić information content (AvgIpc) is 2.16. The quantitative estimate of drug-likeness (QED) is 0.541. The predicted octanol–water partition coefficient (Wildman–Crippen LogP) is 3.20. The summed E-state index contributed by atoms with van der Waals surface area (Å²) < 4.78 is 48.1. The number of hydrogen-bond donors (Lipinski definition) is 0. The summed E-state index contributed by atoms with van der Waals surface area (Å²) in [6, 6.07) is 3.92. The second-order valence-electron chi connectivity index (χ2n) is 2.89. The standard InChI is InChI=1S/C9H9F4N/c10-4-7-1-8(5-11)3-9(2-7)6-14(12)13/h1-3H,4-6H2. The molecule has 0 aromatic heterocycles. The third kappa shape index (κ3) is 2.99. The highest BCUT2D eigenvalue weighted by Gasteiger charge is 2.05. The first kappa shape index (κ1) is 11.0. The fourth-order valence-electron chi connectivity index (χ4n) is 1.22. The van der Waals surface area contributed by atoms with Gasteiger partial charge in [-0.3, -0.25) is 0 Å². The van der Waals surface area contributed by atoms with Gasteiger partial charge >= 0.3 is 0 Å². The molecule has 78 valence electrons. The molecule has 0 aliphatic rings. The van der Waals surface area contributed by atoms with Crippen molar-refractivity contribution in [2.75, 3.05) is 0 Å². The van der Waals surface area contributed by atoms with Gasteiger partial charge in [-0.15, -0.1) is 8.96 Å². The lowest BCUT2D eigenvalue weighted by atomic mass is 10.1. The molecular weight excluding hydrogens is 198 g/mol. The summed E-state index contributed by atoms with van der Waals surface area (Å²) >= 11 is 0. The van der Waals surface area contributed by atoms with Crippen molar-refractivity contribution in [3.8, 4) is 0 Å². The van der Waals surface area contributed by atoms with Crippen molar-refractivity contribution < 1.29 is 17.7 Å². The molecule has 0 radical (unpaired) electrons. The van der Waals surface area contributed by atoms with E-state index < -0.39 is 25.2 Å². The lowest BCUT2D eigenvalue weighted by Gasteiger charge is -2.05. The molecule has 14 heavy (non-hydrogen) atoms. The zero-order valence-electron chi connectivity index (χ0n) is 7.31. The lowest BCUT2D eigenvalue weighted by Crippen LogP contribution is -2.01. The maximum Gasteiger partial charge on any atom is 0.115 e. The first-order valence-corrected chi connectivity index (χ1v) is 3.98. The van der Waals surface area contributed by atoms with Gasteiger partial charge in [-0.1, -0.05) is 18.2 Å². The van der Waals surface area contributed by atoms with E-state index in [1.165, 1.54) is 18.2 Å². The van der Waals surface area contributed by atoms with Crippen LogP contribution in [-0.4, -0.2) is 5.34 Å². The Labute approximate surface area is 78.8 Å². The minimum atomic E-state index is -1.03. The van der Waals surface area contributed by atoms with Gasteiger partial charge in [0.15, 0.2) is 0 Å². The molecule has 0 spiro atoms. The molecule has 0 atom stereocenters. The Morgan fingerprint density at radius 1 is 0.857 bits per heavy atom. The Morgan fingerprint density at radius 3 is 1.64 bits per heavy atom. The van der Waals surface area contributed by atoms with E-state index in [0.717, 1.165) is 0 Å². The highest BCUT2D eigenvalue weighted by molar-refractivity contribution is 5.29. The molecule has 5 heteroatoms. The average molecular weight is 207 g/mol. The van der Waals surface area contributed by atoms with Crippen molar-refractivity contribution in [1.29, 1.82) is 0 Å². The smallest absolute Gasteiger partial charge is 0.115 e. The summed E-state index contributed by atoms with van der Waals surface area (Å²) in [7, 11) is 0. The SMILES string of the molecule is FCc1cc(CF)cc(CN(F)F)c1. The minimum absolute atomic E-state index is 0.206. The summed E-state index contributed by atoms with van der Waals surface area (Å²) in [5.74, 6) is 0. The van der Waals surface area contributed by atoms with Crippen molar-refractivity contribution in [2.24, 2.45) is 0 Å². The first-order valence-electron chi connectivity index (χ1n) is 3.98. The van der Waals surface area contributed by atoms with Crippen molar-refractivity contribution in [3.05, 3.63) is 34.9 Å². The van der Waals surface area contributed by atoms with E-state index in [1.807, 2.05) is 0 Å². The molecular formula is C9H9F4N. The number of hydrogen-bond acceptors (Lipinski definition) is 1. The van der Waals surface area contributed by atoms with Crippen LogP contribution in [0.5, 0.6) is 0 Å². The van der Waals surface area contributed by atoms with Gasteiger partial charge < -0.3 is 0 Å². The highest BCUT2D eigenvalue weighted by atomic mass is 19.4. The maximum absolute atomic E-state index is 12.2. The van der Waals surface area contributed by atoms with E-state index in [0.29, 0.717) is 0 Å². The molecule has 0 saturated carbocycles. The molecule has 1 rings (SSSR count). The summed E-state index contributed by atoms with van der Waals surface area (Å²) in [4.78, 5) is 0. The molecule has 0 bridgehead atoms. The Kier molecular flexibility index (Phi) is 3.88. The van der Waals surface area contributed by atoms with Crippen LogP contribution in [-0.2, 0) is 19.9 Å². The van der Waals surface area contributed by atoms with Crippen LogP contribution in [0.4, 0.5) is 17.7 Å². The van der Waals surface area contributed by atoms with Crippen LogP contribution in [0.3, 0.4) is 0 Å². The molecule has 0 saturated heterocycles. The zero-order chi connectivity index (χ0) is 10.6. The molecule has 1 nitrogen and oxygen atoms in total. The molecule has 1 aromatic rings. The Balaban J connectivity index is 2.92. The van der Waals surface area contributed by atoms with E-state index in [1.54, 1.807) is 0 Å². The van der Waals surface area contributed by atoms with Crippen molar-refractivity contribution in [1.82, 2.24) is 5.34 Å². The molecule has 0 fully saturated rings. The number of nitrogens with zero attached hydrogens (tertiary/aromatic N) is 1. The van der Waals surface area contributed by atoms with E-state index in [2.05, 4.69) is 0 Å². The summed E-state index contributed by atoms with van der Waals surface area (Å²) in [6.45, 7) is -2.18. The molecule has 0 aliphatic carbocycles. The van der Waals surface area contributed by atoms with Gasteiger partial charge in [-0.25, -0.2) is 8.78 Å². The molecule has 0 heterocycles. The third-order valence-corrected chi connectivity index (χ3v) is 1.72. The van der Waals surface area contributed by atoms with Gasteiger partial charge in [0.25, 0.3) is 0 Å². The number of benzene rings is 1. The van der Waals surface area contributed by atoms with Crippen LogP contribution < -0.4 is 0 Å². The topological polar surface area (TPSA) is 3.24 Å². The van der Waals surface area contributed by atoms with Gasteiger partial charge in [0.05, 0.1) is 6.54 Å². The Hall–Kier alpha value is -1.10. The number of rotatable bonds is 4. The minimum Gasteiger partial charge on any atom is -0.246 e.